The highest BCUT2D eigenvalue weighted by Crippen LogP contribution is 2.31. The molecule has 0 saturated heterocycles. The summed E-state index contributed by atoms with van der Waals surface area (Å²) in [4.78, 5) is 15.7. The summed E-state index contributed by atoms with van der Waals surface area (Å²) in [6.45, 7) is 0. The molecule has 2 N–H and O–H groups in total. The van der Waals surface area contributed by atoms with Gasteiger partial charge in [0.25, 0.3) is 0 Å². The van der Waals surface area contributed by atoms with Crippen LogP contribution in [0, 0.1) is 5.82 Å². The van der Waals surface area contributed by atoms with Gasteiger partial charge >= 0.3 is 6.36 Å². The summed E-state index contributed by atoms with van der Waals surface area (Å²) < 4.78 is 56.8. The Bertz CT molecular complexity index is 1230. The summed E-state index contributed by atoms with van der Waals surface area (Å²) in [7, 11) is 0. The summed E-state index contributed by atoms with van der Waals surface area (Å²) in [6, 6.07) is 1.34. The van der Waals surface area contributed by atoms with Gasteiger partial charge in [-0.3, -0.25) is 4.74 Å². The van der Waals surface area contributed by atoms with Crippen molar-refractivity contribution in [1.82, 2.24) is 29.5 Å². The van der Waals surface area contributed by atoms with Crippen LogP contribution in [0.4, 0.5) is 23.5 Å². The van der Waals surface area contributed by atoms with Crippen LogP contribution >= 0.6 is 0 Å². The monoisotopic (exact) mass is 435 g/mol. The van der Waals surface area contributed by atoms with Crippen molar-refractivity contribution in [1.29, 1.82) is 0 Å². The van der Waals surface area contributed by atoms with E-state index in [4.69, 9.17) is 0 Å². The van der Waals surface area contributed by atoms with E-state index in [1.165, 1.54) is 16.9 Å². The molecule has 1 aliphatic rings. The third kappa shape index (κ3) is 4.02. The van der Waals surface area contributed by atoms with Crippen molar-refractivity contribution in [2.24, 2.45) is 0 Å². The van der Waals surface area contributed by atoms with E-state index in [0.717, 1.165) is 0 Å². The molecule has 0 aromatic carbocycles. The van der Waals surface area contributed by atoms with Gasteiger partial charge < -0.3 is 10.3 Å². The average Bonchev–Trinajstić information content (AvgIpc) is 3.35. The van der Waals surface area contributed by atoms with Crippen molar-refractivity contribution >= 4 is 22.6 Å². The zero-order chi connectivity index (χ0) is 21.6. The largest absolute Gasteiger partial charge is 0.522 e. The molecule has 12 heteroatoms. The lowest BCUT2D eigenvalue weighted by Crippen LogP contribution is -2.33. The van der Waals surface area contributed by atoms with Crippen molar-refractivity contribution < 1.29 is 22.3 Å². The Hall–Kier alpha value is -3.28. The van der Waals surface area contributed by atoms with E-state index in [0.29, 0.717) is 53.8 Å². The third-order valence-corrected chi connectivity index (χ3v) is 5.38. The Balaban J connectivity index is 1.32. The number of aromatic nitrogens is 6. The maximum Gasteiger partial charge on any atom is 0.522 e. The van der Waals surface area contributed by atoms with Crippen molar-refractivity contribution in [2.75, 3.05) is 5.32 Å². The first-order valence-electron chi connectivity index (χ1n) is 9.70. The van der Waals surface area contributed by atoms with E-state index in [9.17, 15) is 17.6 Å². The van der Waals surface area contributed by atoms with Crippen LogP contribution < -0.4 is 5.32 Å². The van der Waals surface area contributed by atoms with E-state index in [1.54, 1.807) is 18.6 Å². The molecule has 0 bridgehead atoms. The number of halogens is 4. The van der Waals surface area contributed by atoms with Crippen LogP contribution in [-0.4, -0.2) is 48.1 Å². The SMILES string of the molecule is Fc1cc(-c2c[nH]c3nc(N[C@H]4CC[C@@H](OC(F)(F)F)CC4)ncc23)cn2ncnc12. The van der Waals surface area contributed by atoms with Crippen molar-refractivity contribution in [3.05, 3.63) is 36.8 Å². The molecule has 5 rings (SSSR count). The van der Waals surface area contributed by atoms with Gasteiger partial charge in [0, 0.05) is 41.1 Å². The van der Waals surface area contributed by atoms with E-state index in [1.807, 2.05) is 0 Å². The number of nitrogens with one attached hydrogen (secondary N) is 2. The maximum absolute atomic E-state index is 14.3. The van der Waals surface area contributed by atoms with Gasteiger partial charge in [0.1, 0.15) is 12.0 Å². The molecular formula is C19H17F4N7O. The molecule has 4 aromatic rings. The third-order valence-electron chi connectivity index (χ3n) is 5.38. The fourth-order valence-electron chi connectivity index (χ4n) is 3.95. The Morgan fingerprint density at radius 2 is 1.97 bits per heavy atom. The summed E-state index contributed by atoms with van der Waals surface area (Å²) in [5.74, 6) is -0.118. The van der Waals surface area contributed by atoms with Gasteiger partial charge in [-0.05, 0) is 31.7 Å². The lowest BCUT2D eigenvalue weighted by atomic mass is 9.93. The molecule has 31 heavy (non-hydrogen) atoms. The molecule has 0 aliphatic heterocycles. The Morgan fingerprint density at radius 1 is 1.16 bits per heavy atom. The number of ether oxygens (including phenoxy) is 1. The highest BCUT2D eigenvalue weighted by atomic mass is 19.4. The van der Waals surface area contributed by atoms with Crippen LogP contribution in [0.25, 0.3) is 27.8 Å². The molecule has 1 aliphatic carbocycles. The van der Waals surface area contributed by atoms with Crippen LogP contribution in [0.5, 0.6) is 0 Å². The van der Waals surface area contributed by atoms with Crippen molar-refractivity contribution in [2.45, 2.75) is 44.2 Å². The summed E-state index contributed by atoms with van der Waals surface area (Å²) in [6.07, 6.45) is 2.53. The number of H-pyrrole nitrogens is 1. The second-order valence-corrected chi connectivity index (χ2v) is 7.44. The summed E-state index contributed by atoms with van der Waals surface area (Å²) >= 11 is 0. The minimum Gasteiger partial charge on any atom is -0.351 e. The zero-order valence-corrected chi connectivity index (χ0v) is 16.0. The standard InChI is InChI=1S/C19H17F4N7O/c20-15-5-10(8-30-17(15)26-9-27-30)13-6-24-16-14(13)7-25-18(29-16)28-11-1-3-12(4-2-11)31-19(21,22)23/h5-9,11-12H,1-4H2,(H2,24,25,28,29)/t11-,12+. The van der Waals surface area contributed by atoms with Crippen LogP contribution in [0.2, 0.25) is 0 Å². The molecule has 8 nitrogen and oxygen atoms in total. The molecule has 0 radical (unpaired) electrons. The van der Waals surface area contributed by atoms with E-state index >= 15 is 0 Å². The number of rotatable bonds is 4. The molecule has 1 saturated carbocycles. The minimum absolute atomic E-state index is 0.0382. The number of aromatic amines is 1. The van der Waals surface area contributed by atoms with Gasteiger partial charge in [0.05, 0.1) is 6.10 Å². The van der Waals surface area contributed by atoms with Crippen LogP contribution in [-0.2, 0) is 4.74 Å². The second kappa shape index (κ2) is 7.45. The smallest absolute Gasteiger partial charge is 0.351 e. The Morgan fingerprint density at radius 3 is 2.74 bits per heavy atom. The summed E-state index contributed by atoms with van der Waals surface area (Å²) in [5, 5.41) is 7.85. The first-order valence-corrected chi connectivity index (χ1v) is 9.70. The number of hydrogen-bond donors (Lipinski definition) is 2. The normalized spacial score (nSPS) is 19.9. The van der Waals surface area contributed by atoms with E-state index in [-0.39, 0.29) is 11.7 Å². The number of anilines is 1. The number of nitrogens with zero attached hydrogens (tertiary/aromatic N) is 5. The molecule has 0 unspecified atom stereocenters. The van der Waals surface area contributed by atoms with E-state index in [2.05, 4.69) is 35.1 Å². The second-order valence-electron chi connectivity index (χ2n) is 7.44. The molecule has 0 spiro atoms. The Labute approximate surface area is 172 Å². The highest BCUT2D eigenvalue weighted by molar-refractivity contribution is 5.93. The molecular weight excluding hydrogens is 418 g/mol. The average molecular weight is 435 g/mol. The van der Waals surface area contributed by atoms with Gasteiger partial charge in [0.15, 0.2) is 11.5 Å². The molecule has 0 amide bonds. The highest BCUT2D eigenvalue weighted by Gasteiger charge is 2.35. The van der Waals surface area contributed by atoms with Gasteiger partial charge in [-0.2, -0.15) is 10.1 Å². The van der Waals surface area contributed by atoms with Gasteiger partial charge in [-0.15, -0.1) is 13.2 Å². The van der Waals surface area contributed by atoms with Crippen molar-refractivity contribution in [3.63, 3.8) is 0 Å². The van der Waals surface area contributed by atoms with E-state index < -0.39 is 18.3 Å². The minimum atomic E-state index is -4.61. The fraction of sp³-hybridized carbons (Fsp3) is 0.368. The molecule has 4 aromatic heterocycles. The Kier molecular flexibility index (Phi) is 4.73. The topological polar surface area (TPSA) is 93.0 Å². The lowest BCUT2D eigenvalue weighted by molar-refractivity contribution is -0.345. The maximum atomic E-state index is 14.3. The van der Waals surface area contributed by atoms with Crippen molar-refractivity contribution in [3.8, 4) is 11.1 Å². The first-order chi connectivity index (χ1) is 14.9. The fourth-order valence-corrected chi connectivity index (χ4v) is 3.95. The zero-order valence-electron chi connectivity index (χ0n) is 16.0. The van der Waals surface area contributed by atoms with Gasteiger partial charge in [-0.1, -0.05) is 0 Å². The number of hydrogen-bond acceptors (Lipinski definition) is 6. The molecule has 0 atom stereocenters. The molecule has 162 valence electrons. The number of alkyl halides is 3. The predicted octanol–water partition coefficient (Wildman–Crippen LogP) is 4.07. The number of pyridine rings is 1. The van der Waals surface area contributed by atoms with Crippen LogP contribution in [0.1, 0.15) is 25.7 Å². The van der Waals surface area contributed by atoms with Gasteiger partial charge in [-0.25, -0.2) is 18.9 Å². The first kappa shape index (κ1) is 19.7. The molecule has 4 heterocycles. The predicted molar refractivity (Wildman–Crippen MR) is 103 cm³/mol. The van der Waals surface area contributed by atoms with Crippen LogP contribution in [0.3, 0.4) is 0 Å². The van der Waals surface area contributed by atoms with Crippen LogP contribution in [0.15, 0.2) is 31.0 Å². The number of fused-ring (bicyclic) bond motifs is 2. The quantitative estimate of drug-likeness (QED) is 0.470. The lowest BCUT2D eigenvalue weighted by Gasteiger charge is -2.29. The summed E-state index contributed by atoms with van der Waals surface area (Å²) in [5.41, 5.74) is 2.00. The van der Waals surface area contributed by atoms with Gasteiger partial charge in [0.2, 0.25) is 5.95 Å². The molecule has 1 fully saturated rings.